The first-order chi connectivity index (χ1) is 22.1. The maximum absolute atomic E-state index is 16.9. The summed E-state index contributed by atoms with van der Waals surface area (Å²) in [5, 5.41) is 14.8. The Kier molecular flexibility index (Phi) is 6.85. The van der Waals surface area contributed by atoms with Crippen LogP contribution in [-0.4, -0.2) is 69.9 Å². The third-order valence-corrected chi connectivity index (χ3v) is 10.8. The van der Waals surface area contributed by atoms with E-state index < -0.39 is 23.0 Å². The minimum Gasteiger partial charge on any atom is -0.508 e. The van der Waals surface area contributed by atoms with Crippen LogP contribution in [0.1, 0.15) is 51.5 Å². The molecule has 4 heterocycles. The summed E-state index contributed by atoms with van der Waals surface area (Å²) in [5.41, 5.74) is -0.996. The lowest BCUT2D eigenvalue weighted by Crippen LogP contribution is -2.51. The molecule has 4 fully saturated rings. The first-order valence-corrected chi connectivity index (χ1v) is 16.2. The number of fused-ring (bicyclic) bond motifs is 4. The standard InChI is InChI=1S/C36H36F3N5O2/c1-4-25-28(37)10-5-20-13-24(45)14-26(30(20)25)31-29(38)15-27-33(32(31)39)41-35(42-34(27)43-16-21-6-7-22(17-43)40-21)46-18-36(3)19(2)11-12-44(36)23-8-9-23/h1,5,10,13-15,19,21-23,40,45H,6-9,11-12,16-18H2,2-3H3/t19-,21-,22+,36-/m0/s1. The van der Waals surface area contributed by atoms with Gasteiger partial charge in [0.15, 0.2) is 5.82 Å². The molecule has 1 aliphatic carbocycles. The fraction of sp³-hybridized carbons (Fsp3) is 0.444. The molecular weight excluding hydrogens is 591 g/mol. The number of terminal acetylenes is 1. The van der Waals surface area contributed by atoms with Crippen LogP contribution in [0.15, 0.2) is 30.3 Å². The third kappa shape index (κ3) is 4.66. The molecule has 238 valence electrons. The number of halogens is 3. The van der Waals surface area contributed by atoms with Crippen LogP contribution in [0.5, 0.6) is 11.8 Å². The molecule has 2 bridgehead atoms. The van der Waals surface area contributed by atoms with Crippen molar-refractivity contribution < 1.29 is 23.0 Å². The molecule has 4 aromatic rings. The van der Waals surface area contributed by atoms with Crippen molar-refractivity contribution >= 4 is 27.5 Å². The number of piperazine rings is 1. The maximum Gasteiger partial charge on any atom is 0.319 e. The van der Waals surface area contributed by atoms with Gasteiger partial charge in [-0.1, -0.05) is 18.9 Å². The molecular formula is C36H36F3N5O2. The Morgan fingerprint density at radius 3 is 2.52 bits per heavy atom. The number of nitrogens with one attached hydrogen (secondary N) is 1. The molecule has 4 atom stereocenters. The van der Waals surface area contributed by atoms with E-state index in [1.54, 1.807) is 0 Å². The van der Waals surface area contributed by atoms with E-state index in [0.29, 0.717) is 42.9 Å². The minimum atomic E-state index is -0.958. The van der Waals surface area contributed by atoms with E-state index in [2.05, 4.69) is 39.9 Å². The highest BCUT2D eigenvalue weighted by atomic mass is 19.1. The Hall–Kier alpha value is -4.07. The van der Waals surface area contributed by atoms with Gasteiger partial charge in [-0.25, -0.2) is 13.2 Å². The Balaban J connectivity index is 1.30. The van der Waals surface area contributed by atoms with Crippen molar-refractivity contribution in [2.45, 2.75) is 69.6 Å². The largest absolute Gasteiger partial charge is 0.508 e. The van der Waals surface area contributed by atoms with E-state index in [1.807, 2.05) is 0 Å². The molecule has 4 aliphatic rings. The van der Waals surface area contributed by atoms with Crippen LogP contribution in [-0.2, 0) is 0 Å². The smallest absolute Gasteiger partial charge is 0.319 e. The zero-order valence-electron chi connectivity index (χ0n) is 25.9. The third-order valence-electron chi connectivity index (χ3n) is 10.8. The van der Waals surface area contributed by atoms with Crippen LogP contribution in [0.25, 0.3) is 32.8 Å². The van der Waals surface area contributed by atoms with E-state index in [1.165, 1.54) is 43.2 Å². The van der Waals surface area contributed by atoms with Crippen molar-refractivity contribution in [3.8, 4) is 35.2 Å². The number of ether oxygens (including phenoxy) is 1. The van der Waals surface area contributed by atoms with Gasteiger partial charge >= 0.3 is 6.01 Å². The molecule has 0 unspecified atom stereocenters. The lowest BCUT2D eigenvalue weighted by atomic mass is 9.89. The monoisotopic (exact) mass is 627 g/mol. The molecule has 0 radical (unpaired) electrons. The number of benzene rings is 3. The van der Waals surface area contributed by atoms with Gasteiger partial charge in [0.05, 0.1) is 16.7 Å². The Morgan fingerprint density at radius 2 is 1.80 bits per heavy atom. The number of rotatable bonds is 6. The highest BCUT2D eigenvalue weighted by molar-refractivity contribution is 6.04. The highest BCUT2D eigenvalue weighted by Gasteiger charge is 2.49. The van der Waals surface area contributed by atoms with E-state index >= 15 is 8.78 Å². The molecule has 46 heavy (non-hydrogen) atoms. The number of anilines is 1. The zero-order valence-corrected chi connectivity index (χ0v) is 25.9. The SMILES string of the molecule is C#Cc1c(F)ccc2cc(O)cc(-c3c(F)cc4c(N5C[C@H]6CC[C@@H](C5)N6)nc(OC[C@@]5(C)[C@@H](C)CCN5C5CC5)nc4c3F)c12. The van der Waals surface area contributed by atoms with Crippen LogP contribution in [0.3, 0.4) is 0 Å². The van der Waals surface area contributed by atoms with Gasteiger partial charge in [-0.3, -0.25) is 4.90 Å². The molecule has 1 saturated carbocycles. The number of nitrogens with zero attached hydrogens (tertiary/aromatic N) is 4. The quantitative estimate of drug-likeness (QED) is 0.249. The van der Waals surface area contributed by atoms with Gasteiger partial charge in [-0.05, 0) is 81.1 Å². The summed E-state index contributed by atoms with van der Waals surface area (Å²) in [6.07, 6.45) is 11.1. The summed E-state index contributed by atoms with van der Waals surface area (Å²) in [4.78, 5) is 14.0. The van der Waals surface area contributed by atoms with Crippen LogP contribution in [0.2, 0.25) is 0 Å². The molecule has 3 saturated heterocycles. The molecule has 2 N–H and O–H groups in total. The van der Waals surface area contributed by atoms with E-state index in [0.717, 1.165) is 25.8 Å². The molecule has 7 nitrogen and oxygen atoms in total. The van der Waals surface area contributed by atoms with Crippen LogP contribution in [0, 0.1) is 35.7 Å². The van der Waals surface area contributed by atoms with Gasteiger partial charge in [0.2, 0.25) is 0 Å². The van der Waals surface area contributed by atoms with Crippen molar-refractivity contribution in [1.82, 2.24) is 20.2 Å². The average molecular weight is 628 g/mol. The summed E-state index contributed by atoms with van der Waals surface area (Å²) < 4.78 is 54.4. The van der Waals surface area contributed by atoms with Crippen LogP contribution >= 0.6 is 0 Å². The van der Waals surface area contributed by atoms with Gasteiger partial charge in [0, 0.05) is 47.6 Å². The maximum atomic E-state index is 16.9. The first kappa shape index (κ1) is 29.3. The number of phenolic OH excluding ortho intramolecular Hbond substituents is 1. The van der Waals surface area contributed by atoms with Crippen molar-refractivity contribution in [3.05, 3.63) is 53.3 Å². The van der Waals surface area contributed by atoms with E-state index in [9.17, 15) is 9.50 Å². The Morgan fingerprint density at radius 1 is 1.04 bits per heavy atom. The average Bonchev–Trinajstić information content (AvgIpc) is 3.75. The van der Waals surface area contributed by atoms with Crippen molar-refractivity contribution in [2.24, 2.45) is 5.92 Å². The normalized spacial score (nSPS) is 26.3. The lowest BCUT2D eigenvalue weighted by Gasteiger charge is -2.38. The Labute approximate surface area is 265 Å². The Bertz CT molecular complexity index is 1930. The molecule has 1 aromatic heterocycles. The number of hydrogen-bond donors (Lipinski definition) is 2. The van der Waals surface area contributed by atoms with Crippen molar-refractivity contribution in [1.29, 1.82) is 0 Å². The van der Waals surface area contributed by atoms with Crippen LogP contribution in [0.4, 0.5) is 19.0 Å². The van der Waals surface area contributed by atoms with Gasteiger partial charge in [0.1, 0.15) is 35.3 Å². The van der Waals surface area contributed by atoms with Crippen molar-refractivity contribution in [2.75, 3.05) is 31.1 Å². The summed E-state index contributed by atoms with van der Waals surface area (Å²) in [6.45, 7) is 7.06. The number of phenols is 1. The molecule has 3 aliphatic heterocycles. The van der Waals surface area contributed by atoms with E-state index in [-0.39, 0.29) is 56.8 Å². The number of hydrogen-bond acceptors (Lipinski definition) is 7. The fourth-order valence-corrected chi connectivity index (χ4v) is 8.05. The first-order valence-electron chi connectivity index (χ1n) is 16.2. The molecule has 8 rings (SSSR count). The predicted octanol–water partition coefficient (Wildman–Crippen LogP) is 6.14. The molecule has 0 spiro atoms. The summed E-state index contributed by atoms with van der Waals surface area (Å²) in [6, 6.07) is 7.51. The fourth-order valence-electron chi connectivity index (χ4n) is 8.05. The topological polar surface area (TPSA) is 73.8 Å². The summed E-state index contributed by atoms with van der Waals surface area (Å²) in [7, 11) is 0. The van der Waals surface area contributed by atoms with Crippen molar-refractivity contribution in [3.63, 3.8) is 0 Å². The zero-order chi connectivity index (χ0) is 31.9. The summed E-state index contributed by atoms with van der Waals surface area (Å²) >= 11 is 0. The number of aromatic hydroxyl groups is 1. The van der Waals surface area contributed by atoms with Gasteiger partial charge in [0.25, 0.3) is 0 Å². The van der Waals surface area contributed by atoms with Gasteiger partial charge in [-0.15, -0.1) is 6.42 Å². The molecule has 10 heteroatoms. The van der Waals surface area contributed by atoms with Gasteiger partial charge in [-0.2, -0.15) is 9.97 Å². The number of likely N-dealkylation sites (tertiary alicyclic amines) is 1. The second-order valence-electron chi connectivity index (χ2n) is 13.7. The second kappa shape index (κ2) is 10.7. The highest BCUT2D eigenvalue weighted by Crippen LogP contribution is 2.44. The second-order valence-corrected chi connectivity index (χ2v) is 13.7. The molecule has 3 aromatic carbocycles. The predicted molar refractivity (Wildman–Crippen MR) is 172 cm³/mol. The molecule has 0 amide bonds. The lowest BCUT2D eigenvalue weighted by molar-refractivity contribution is 0.0554. The number of aromatic nitrogens is 2. The van der Waals surface area contributed by atoms with E-state index in [4.69, 9.17) is 16.1 Å². The van der Waals surface area contributed by atoms with Crippen LogP contribution < -0.4 is 15.0 Å². The minimum absolute atomic E-state index is 0.0250. The summed E-state index contributed by atoms with van der Waals surface area (Å²) in [5.74, 6) is 0.337. The van der Waals surface area contributed by atoms with Gasteiger partial charge < -0.3 is 20.1 Å².